The summed E-state index contributed by atoms with van der Waals surface area (Å²) in [4.78, 5) is 18.5. The summed E-state index contributed by atoms with van der Waals surface area (Å²) in [6, 6.07) is 20.3. The lowest BCUT2D eigenvalue weighted by Crippen LogP contribution is -2.55. The number of benzene rings is 3. The van der Waals surface area contributed by atoms with Gasteiger partial charge in [0.1, 0.15) is 12.3 Å². The Hall–Kier alpha value is -3.31. The fourth-order valence-electron chi connectivity index (χ4n) is 4.21. The molecule has 0 fully saturated rings. The van der Waals surface area contributed by atoms with Gasteiger partial charge in [-0.3, -0.25) is 10.2 Å². The van der Waals surface area contributed by atoms with Crippen LogP contribution >= 0.6 is 23.2 Å². The van der Waals surface area contributed by atoms with Crippen molar-refractivity contribution in [2.24, 2.45) is 4.99 Å². The van der Waals surface area contributed by atoms with Crippen molar-refractivity contribution >= 4 is 35.0 Å². The number of nitrogens with zero attached hydrogens (tertiary/aromatic N) is 1. The third-order valence-corrected chi connectivity index (χ3v) is 6.64. The van der Waals surface area contributed by atoms with Crippen LogP contribution in [-0.4, -0.2) is 48.4 Å². The molecule has 40 heavy (non-hydrogen) atoms. The number of carbonyl (C=O) groups is 1. The van der Waals surface area contributed by atoms with Crippen molar-refractivity contribution in [3.8, 4) is 5.75 Å². The molecule has 3 aromatic carbocycles. The number of alkyl halides is 3. The highest BCUT2D eigenvalue weighted by molar-refractivity contribution is 6.35. The summed E-state index contributed by atoms with van der Waals surface area (Å²) in [6.07, 6.45) is -5.20. The minimum Gasteiger partial charge on any atom is -0.494 e. The van der Waals surface area contributed by atoms with Gasteiger partial charge in [0.25, 0.3) is 5.91 Å². The predicted molar refractivity (Wildman–Crippen MR) is 146 cm³/mol. The number of rotatable bonds is 11. The van der Waals surface area contributed by atoms with Gasteiger partial charge in [-0.1, -0.05) is 59.6 Å². The zero-order chi connectivity index (χ0) is 28.8. The molecule has 0 bridgehead atoms. The highest BCUT2D eigenvalue weighted by Gasteiger charge is 2.54. The number of nitrogens with one attached hydrogen (secondary N) is 2. The lowest BCUT2D eigenvalue weighted by atomic mass is 9.82. The van der Waals surface area contributed by atoms with Gasteiger partial charge in [0.05, 0.1) is 6.61 Å². The summed E-state index contributed by atoms with van der Waals surface area (Å²) in [5.41, 5.74) is 3.98. The third kappa shape index (κ3) is 7.25. The number of aliphatic imine (C=N–C) groups is 1. The summed E-state index contributed by atoms with van der Waals surface area (Å²) in [5, 5.41) is 9.52. The van der Waals surface area contributed by atoms with Crippen molar-refractivity contribution in [3.63, 3.8) is 0 Å². The first-order chi connectivity index (χ1) is 19.1. The Morgan fingerprint density at radius 3 is 2.45 bits per heavy atom. The Labute approximate surface area is 238 Å². The van der Waals surface area contributed by atoms with E-state index in [2.05, 4.69) is 5.43 Å². The molecule has 3 N–H and O–H groups in total. The fraction of sp³-hybridized carbons (Fsp3) is 0.286. The van der Waals surface area contributed by atoms with Gasteiger partial charge in [-0.2, -0.15) is 13.2 Å². The van der Waals surface area contributed by atoms with Crippen LogP contribution in [0.15, 0.2) is 77.8 Å². The van der Waals surface area contributed by atoms with E-state index in [1.165, 1.54) is 6.07 Å². The van der Waals surface area contributed by atoms with Crippen molar-refractivity contribution in [2.45, 2.75) is 30.7 Å². The monoisotopic (exact) mass is 595 g/mol. The van der Waals surface area contributed by atoms with Gasteiger partial charge in [0.15, 0.2) is 11.6 Å². The highest BCUT2D eigenvalue weighted by Crippen LogP contribution is 2.45. The van der Waals surface area contributed by atoms with Gasteiger partial charge in [-0.25, -0.2) is 10.4 Å². The second-order valence-electron chi connectivity index (χ2n) is 9.04. The number of hydrazine groups is 1. The van der Waals surface area contributed by atoms with Crippen LogP contribution in [0.2, 0.25) is 10.0 Å². The first-order valence-corrected chi connectivity index (χ1v) is 13.1. The van der Waals surface area contributed by atoms with E-state index in [-0.39, 0.29) is 23.9 Å². The molecular weight excluding hydrogens is 570 g/mol. The average Bonchev–Trinajstić information content (AvgIpc) is 3.29. The number of ether oxygens (including phenoxy) is 2. The maximum atomic E-state index is 13.8. The van der Waals surface area contributed by atoms with Gasteiger partial charge in [0.2, 0.25) is 5.90 Å². The lowest BCUT2D eigenvalue weighted by Gasteiger charge is -2.31. The molecule has 0 aromatic heterocycles. The summed E-state index contributed by atoms with van der Waals surface area (Å²) in [5.74, 6) is -0.187. The number of aliphatic hydroxyl groups is 1. The first-order valence-electron chi connectivity index (χ1n) is 12.3. The molecule has 0 saturated carbocycles. The number of amides is 1. The van der Waals surface area contributed by atoms with Crippen molar-refractivity contribution < 1.29 is 32.5 Å². The Morgan fingerprint density at radius 1 is 1.07 bits per heavy atom. The Kier molecular flexibility index (Phi) is 9.57. The SMILES string of the molecule is O=C(NNCC(F)(F)F)[C@@]1(Cc2ccccc2)N=C(c2ccc(OCCCO)cc2)O[C@H]1c1ccc(Cl)cc1Cl. The minimum atomic E-state index is -4.56. The van der Waals surface area contributed by atoms with Crippen molar-refractivity contribution in [1.29, 1.82) is 0 Å². The van der Waals surface area contributed by atoms with E-state index in [0.29, 0.717) is 40.5 Å². The molecule has 1 aliphatic heterocycles. The Balaban J connectivity index is 1.77. The van der Waals surface area contributed by atoms with Crippen molar-refractivity contribution in [1.82, 2.24) is 10.9 Å². The molecule has 12 heteroatoms. The largest absolute Gasteiger partial charge is 0.494 e. The van der Waals surface area contributed by atoms with E-state index in [1.807, 2.05) is 5.43 Å². The van der Waals surface area contributed by atoms with E-state index >= 15 is 0 Å². The number of carbonyl (C=O) groups excluding carboxylic acids is 1. The van der Waals surface area contributed by atoms with Gasteiger partial charge in [-0.15, -0.1) is 0 Å². The molecular formula is C28H26Cl2F3N3O4. The van der Waals surface area contributed by atoms with Crippen LogP contribution in [0.4, 0.5) is 13.2 Å². The Morgan fingerprint density at radius 2 is 1.80 bits per heavy atom. The van der Waals surface area contributed by atoms with Gasteiger partial charge < -0.3 is 14.6 Å². The van der Waals surface area contributed by atoms with Crippen LogP contribution in [0, 0.1) is 0 Å². The number of hydrogen-bond donors (Lipinski definition) is 3. The molecule has 212 valence electrons. The molecule has 1 aliphatic rings. The highest BCUT2D eigenvalue weighted by atomic mass is 35.5. The molecule has 0 spiro atoms. The molecule has 7 nitrogen and oxygen atoms in total. The molecule has 4 rings (SSSR count). The summed E-state index contributed by atoms with van der Waals surface area (Å²) in [7, 11) is 0. The number of aliphatic hydroxyl groups excluding tert-OH is 1. The van der Waals surface area contributed by atoms with E-state index < -0.39 is 30.3 Å². The van der Waals surface area contributed by atoms with Crippen molar-refractivity contribution in [2.75, 3.05) is 19.8 Å². The van der Waals surface area contributed by atoms with Crippen LogP contribution in [0.1, 0.15) is 29.2 Å². The second-order valence-corrected chi connectivity index (χ2v) is 9.88. The van der Waals surface area contributed by atoms with Crippen molar-refractivity contribution in [3.05, 3.63) is 99.5 Å². The standard InChI is InChI=1S/C28H26Cl2F3N3O4/c29-20-9-12-22(23(30)15-20)24-27(16-18-5-2-1-3-6-18,26(38)36-34-17-28(31,32)33)35-25(40-24)19-7-10-21(11-8-19)39-14-4-13-37/h1-3,5-12,15,24,34,37H,4,13-14,16-17H2,(H,36,38)/t24-,27-/m0/s1. The summed E-state index contributed by atoms with van der Waals surface area (Å²) >= 11 is 12.6. The normalized spacial score (nSPS) is 18.6. The van der Waals surface area contributed by atoms with Crippen LogP contribution in [0.5, 0.6) is 5.75 Å². The molecule has 0 aliphatic carbocycles. The second kappa shape index (κ2) is 12.9. The number of halogens is 5. The lowest BCUT2D eigenvalue weighted by molar-refractivity contribution is -0.136. The average molecular weight is 596 g/mol. The predicted octanol–water partition coefficient (Wildman–Crippen LogP) is 5.44. The quantitative estimate of drug-likeness (QED) is 0.203. The molecule has 0 radical (unpaired) electrons. The summed E-state index contributed by atoms with van der Waals surface area (Å²) < 4.78 is 50.4. The maximum absolute atomic E-state index is 13.8. The molecule has 0 saturated heterocycles. The van der Waals surface area contributed by atoms with Crippen LogP contribution < -0.4 is 15.6 Å². The zero-order valence-corrected chi connectivity index (χ0v) is 22.6. The molecule has 1 amide bonds. The fourth-order valence-corrected chi connectivity index (χ4v) is 4.72. The molecule has 1 heterocycles. The van der Waals surface area contributed by atoms with Gasteiger partial charge in [-0.05, 0) is 42.0 Å². The number of hydrogen-bond acceptors (Lipinski definition) is 6. The zero-order valence-electron chi connectivity index (χ0n) is 21.1. The van der Waals surface area contributed by atoms with Crippen LogP contribution in [0.25, 0.3) is 0 Å². The van der Waals surface area contributed by atoms with E-state index in [9.17, 15) is 18.0 Å². The minimum absolute atomic E-state index is 0.000758. The molecule has 3 aromatic rings. The van der Waals surface area contributed by atoms with E-state index in [1.54, 1.807) is 66.7 Å². The summed E-state index contributed by atoms with van der Waals surface area (Å²) in [6.45, 7) is -1.11. The van der Waals surface area contributed by atoms with Gasteiger partial charge >= 0.3 is 6.18 Å². The molecule has 2 atom stereocenters. The van der Waals surface area contributed by atoms with Gasteiger partial charge in [0, 0.05) is 40.6 Å². The van der Waals surface area contributed by atoms with Crippen LogP contribution in [-0.2, 0) is 16.0 Å². The van der Waals surface area contributed by atoms with Crippen LogP contribution in [0.3, 0.4) is 0 Å². The maximum Gasteiger partial charge on any atom is 0.402 e. The van der Waals surface area contributed by atoms with E-state index in [0.717, 1.165) is 0 Å². The smallest absolute Gasteiger partial charge is 0.402 e. The Bertz CT molecular complexity index is 1340. The first kappa shape index (κ1) is 29.7. The topological polar surface area (TPSA) is 92.2 Å². The molecule has 0 unspecified atom stereocenters. The van der Waals surface area contributed by atoms with E-state index in [4.69, 9.17) is 42.8 Å². The third-order valence-electron chi connectivity index (χ3n) is 6.08.